The molecule has 0 spiro atoms. The van der Waals surface area contributed by atoms with Crippen molar-refractivity contribution in [2.75, 3.05) is 19.7 Å². The van der Waals surface area contributed by atoms with E-state index in [1.165, 1.54) is 0 Å². The monoisotopic (exact) mass is 263 g/mol. The summed E-state index contributed by atoms with van der Waals surface area (Å²) < 4.78 is 0. The number of piperazine rings is 1. The van der Waals surface area contributed by atoms with Crippen molar-refractivity contribution in [3.8, 4) is 0 Å². The number of carbonyl (C=O) groups is 2. The summed E-state index contributed by atoms with van der Waals surface area (Å²) >= 11 is 0. The van der Waals surface area contributed by atoms with E-state index in [2.05, 4.69) is 16.0 Å². The van der Waals surface area contributed by atoms with Crippen LogP contribution in [0.25, 0.3) is 0 Å². The predicted octanol–water partition coefficient (Wildman–Crippen LogP) is -1.08. The number of hydrogen-bond donors (Lipinski definition) is 4. The molecule has 1 aliphatic heterocycles. The highest BCUT2D eigenvalue weighted by Crippen LogP contribution is 2.11. The van der Waals surface area contributed by atoms with E-state index < -0.39 is 12.1 Å². The number of nitrogens with one attached hydrogen (secondary N) is 3. The van der Waals surface area contributed by atoms with Crippen LogP contribution in [0, 0.1) is 0 Å². The largest absolute Gasteiger partial charge is 0.394 e. The Bertz CT molecular complexity index is 440. The van der Waals surface area contributed by atoms with Crippen molar-refractivity contribution in [2.45, 2.75) is 12.1 Å². The Morgan fingerprint density at radius 1 is 1.42 bits per heavy atom. The van der Waals surface area contributed by atoms with Gasteiger partial charge in [-0.2, -0.15) is 0 Å². The zero-order chi connectivity index (χ0) is 13.7. The van der Waals surface area contributed by atoms with Crippen LogP contribution >= 0.6 is 0 Å². The van der Waals surface area contributed by atoms with E-state index in [-0.39, 0.29) is 31.5 Å². The van der Waals surface area contributed by atoms with Crippen LogP contribution in [0.5, 0.6) is 0 Å². The number of aliphatic hydroxyl groups excluding tert-OH is 1. The summed E-state index contributed by atoms with van der Waals surface area (Å²) in [5.74, 6) is -0.353. The smallest absolute Gasteiger partial charge is 0.239 e. The summed E-state index contributed by atoms with van der Waals surface area (Å²) in [5, 5.41) is 17.6. The van der Waals surface area contributed by atoms with Crippen molar-refractivity contribution in [3.63, 3.8) is 0 Å². The van der Waals surface area contributed by atoms with E-state index in [0.29, 0.717) is 0 Å². The summed E-state index contributed by atoms with van der Waals surface area (Å²) in [6.45, 7) is 0.222. The maximum Gasteiger partial charge on any atom is 0.239 e. The van der Waals surface area contributed by atoms with Gasteiger partial charge >= 0.3 is 0 Å². The molecule has 1 fully saturated rings. The first-order chi connectivity index (χ1) is 9.20. The molecule has 1 aromatic carbocycles. The fraction of sp³-hybridized carbons (Fsp3) is 0.385. The molecule has 6 heteroatoms. The third-order valence-electron chi connectivity index (χ3n) is 3.03. The molecule has 0 bridgehead atoms. The minimum absolute atomic E-state index is 0.120. The molecule has 1 aliphatic rings. The van der Waals surface area contributed by atoms with Crippen molar-refractivity contribution in [1.29, 1.82) is 0 Å². The topological polar surface area (TPSA) is 90.5 Å². The fourth-order valence-corrected chi connectivity index (χ4v) is 1.94. The van der Waals surface area contributed by atoms with Crippen molar-refractivity contribution in [1.82, 2.24) is 16.0 Å². The van der Waals surface area contributed by atoms with Crippen LogP contribution in [0.15, 0.2) is 30.3 Å². The number of aliphatic hydroxyl groups is 1. The fourth-order valence-electron chi connectivity index (χ4n) is 1.94. The second kappa shape index (κ2) is 6.31. The van der Waals surface area contributed by atoms with Crippen molar-refractivity contribution in [2.24, 2.45) is 0 Å². The van der Waals surface area contributed by atoms with Crippen LogP contribution < -0.4 is 16.0 Å². The number of carbonyl (C=O) groups excluding carboxylic acids is 2. The second-order valence-electron chi connectivity index (χ2n) is 4.39. The number of benzene rings is 1. The van der Waals surface area contributed by atoms with Crippen molar-refractivity contribution in [3.05, 3.63) is 35.9 Å². The van der Waals surface area contributed by atoms with E-state index in [0.717, 1.165) is 5.56 Å². The van der Waals surface area contributed by atoms with Gasteiger partial charge in [0.05, 0.1) is 19.2 Å². The third kappa shape index (κ3) is 3.52. The molecule has 0 radical (unpaired) electrons. The van der Waals surface area contributed by atoms with Crippen LogP contribution in [0.1, 0.15) is 11.6 Å². The molecule has 0 saturated carbocycles. The summed E-state index contributed by atoms with van der Waals surface area (Å²) in [6, 6.07) is 8.36. The van der Waals surface area contributed by atoms with Gasteiger partial charge < -0.3 is 15.7 Å². The molecule has 1 saturated heterocycles. The van der Waals surface area contributed by atoms with Crippen LogP contribution in [0.4, 0.5) is 0 Å². The molecule has 6 nitrogen and oxygen atoms in total. The van der Waals surface area contributed by atoms with Crippen molar-refractivity contribution < 1.29 is 14.7 Å². The molecule has 4 N–H and O–H groups in total. The molecule has 102 valence electrons. The first-order valence-electron chi connectivity index (χ1n) is 6.17. The lowest BCUT2D eigenvalue weighted by Crippen LogP contribution is -2.58. The van der Waals surface area contributed by atoms with Gasteiger partial charge in [-0.05, 0) is 5.56 Å². The Morgan fingerprint density at radius 3 is 2.74 bits per heavy atom. The van der Waals surface area contributed by atoms with E-state index in [1.54, 1.807) is 0 Å². The third-order valence-corrected chi connectivity index (χ3v) is 3.03. The Kier molecular flexibility index (Phi) is 4.48. The van der Waals surface area contributed by atoms with Gasteiger partial charge in [0.25, 0.3) is 0 Å². The van der Waals surface area contributed by atoms with Crippen LogP contribution in [0.3, 0.4) is 0 Å². The van der Waals surface area contributed by atoms with E-state index in [9.17, 15) is 14.7 Å². The van der Waals surface area contributed by atoms with E-state index in [4.69, 9.17) is 0 Å². The summed E-state index contributed by atoms with van der Waals surface area (Å²) in [6.07, 6.45) is 0. The Balaban J connectivity index is 1.95. The SMILES string of the molecule is O=C1CNC(C(=O)N[C@H](CO)c2ccccc2)CN1. The summed E-state index contributed by atoms with van der Waals surface area (Å²) in [5.41, 5.74) is 0.846. The Hall–Kier alpha value is -1.92. The summed E-state index contributed by atoms with van der Waals surface area (Å²) in [4.78, 5) is 23.0. The van der Waals surface area contributed by atoms with Gasteiger partial charge in [0.1, 0.15) is 6.04 Å². The molecular formula is C13H17N3O3. The lowest BCUT2D eigenvalue weighted by Gasteiger charge is -2.25. The average molecular weight is 263 g/mol. The Labute approximate surface area is 111 Å². The standard InChI is InChI=1S/C13H17N3O3/c17-8-11(9-4-2-1-3-5-9)16-13(19)10-6-15-12(18)7-14-10/h1-5,10-11,14,17H,6-8H2,(H,15,18)(H,16,19)/t10?,11-/m1/s1. The first-order valence-corrected chi connectivity index (χ1v) is 6.17. The number of amides is 2. The maximum absolute atomic E-state index is 12.0. The molecule has 0 aliphatic carbocycles. The predicted molar refractivity (Wildman–Crippen MR) is 69.2 cm³/mol. The molecule has 1 aromatic rings. The highest BCUT2D eigenvalue weighted by atomic mass is 16.3. The maximum atomic E-state index is 12.0. The van der Waals surface area contributed by atoms with Gasteiger partial charge in [-0.1, -0.05) is 30.3 Å². The van der Waals surface area contributed by atoms with Crippen LogP contribution in [-0.2, 0) is 9.59 Å². The second-order valence-corrected chi connectivity index (χ2v) is 4.39. The van der Waals surface area contributed by atoms with Crippen LogP contribution in [0.2, 0.25) is 0 Å². The van der Waals surface area contributed by atoms with Gasteiger partial charge in [0, 0.05) is 6.54 Å². The highest BCUT2D eigenvalue weighted by molar-refractivity contribution is 5.87. The molecule has 0 aromatic heterocycles. The lowest BCUT2D eigenvalue weighted by atomic mass is 10.1. The Morgan fingerprint density at radius 2 is 2.16 bits per heavy atom. The van der Waals surface area contributed by atoms with E-state index >= 15 is 0 Å². The molecular weight excluding hydrogens is 246 g/mol. The van der Waals surface area contributed by atoms with Gasteiger partial charge in [-0.15, -0.1) is 0 Å². The zero-order valence-electron chi connectivity index (χ0n) is 10.4. The lowest BCUT2D eigenvalue weighted by molar-refractivity contribution is -0.127. The van der Waals surface area contributed by atoms with Crippen LogP contribution in [-0.4, -0.2) is 42.7 Å². The molecule has 2 rings (SSSR count). The van der Waals surface area contributed by atoms with Crippen molar-refractivity contribution >= 4 is 11.8 Å². The molecule has 1 unspecified atom stereocenters. The average Bonchev–Trinajstić information content (AvgIpc) is 2.46. The molecule has 2 atom stereocenters. The minimum atomic E-state index is -0.463. The van der Waals surface area contributed by atoms with Gasteiger partial charge in [0.15, 0.2) is 0 Å². The highest BCUT2D eigenvalue weighted by Gasteiger charge is 2.25. The summed E-state index contributed by atoms with van der Waals surface area (Å²) in [7, 11) is 0. The first kappa shape index (κ1) is 13.5. The normalized spacial score (nSPS) is 20.5. The molecule has 1 heterocycles. The van der Waals surface area contributed by atoms with Gasteiger partial charge in [-0.3, -0.25) is 14.9 Å². The quantitative estimate of drug-likeness (QED) is 0.556. The van der Waals surface area contributed by atoms with Gasteiger partial charge in [0.2, 0.25) is 11.8 Å². The zero-order valence-corrected chi connectivity index (χ0v) is 10.4. The molecule has 19 heavy (non-hydrogen) atoms. The number of rotatable bonds is 4. The number of hydrogen-bond acceptors (Lipinski definition) is 4. The van der Waals surface area contributed by atoms with E-state index in [1.807, 2.05) is 30.3 Å². The minimum Gasteiger partial charge on any atom is -0.394 e. The molecule has 2 amide bonds. The van der Waals surface area contributed by atoms with Gasteiger partial charge in [-0.25, -0.2) is 0 Å².